The van der Waals surface area contributed by atoms with E-state index in [0.717, 1.165) is 11.1 Å². The van der Waals surface area contributed by atoms with E-state index in [4.69, 9.17) is 4.74 Å². The van der Waals surface area contributed by atoms with Crippen molar-refractivity contribution in [2.45, 2.75) is 25.0 Å². The lowest BCUT2D eigenvalue weighted by atomic mass is 10.2. The van der Waals surface area contributed by atoms with Gasteiger partial charge in [0.25, 0.3) is 0 Å². The molecule has 0 aliphatic carbocycles. The molecule has 1 aliphatic heterocycles. The zero-order valence-corrected chi connectivity index (χ0v) is 11.7. The van der Waals surface area contributed by atoms with Crippen LogP contribution in [0, 0.1) is 0 Å². The summed E-state index contributed by atoms with van der Waals surface area (Å²) < 4.78 is 6.34. The fourth-order valence-electron chi connectivity index (χ4n) is 0.902. The molecule has 1 fully saturated rings. The van der Waals surface area contributed by atoms with Gasteiger partial charge in [-0.3, -0.25) is 0 Å². The molecule has 0 saturated carbocycles. The van der Waals surface area contributed by atoms with Crippen molar-refractivity contribution >= 4 is 10.2 Å². The van der Waals surface area contributed by atoms with Crippen molar-refractivity contribution in [2.24, 2.45) is 0 Å². The summed E-state index contributed by atoms with van der Waals surface area (Å²) in [5.74, 6) is 0. The van der Waals surface area contributed by atoms with E-state index in [1.807, 2.05) is 0 Å². The van der Waals surface area contributed by atoms with Gasteiger partial charge in [-0.25, -0.2) is 0 Å². The fourth-order valence-corrected chi connectivity index (χ4v) is 1.55. The first-order valence-corrected chi connectivity index (χ1v) is 5.95. The SMILES string of the molecule is C[N+](C)(C)C.[OH-].[SiH3]C1CCCCO1. The quantitative estimate of drug-likeness (QED) is 0.415. The van der Waals surface area contributed by atoms with Gasteiger partial charge in [0.2, 0.25) is 0 Å². The molecule has 1 rings (SSSR count). The molecule has 0 amide bonds. The molecule has 0 aromatic carbocycles. The molecule has 1 aliphatic rings. The number of nitrogens with zero attached hydrogens (tertiary/aromatic N) is 1. The van der Waals surface area contributed by atoms with Crippen molar-refractivity contribution in [2.75, 3.05) is 34.8 Å². The van der Waals surface area contributed by atoms with Crippen LogP contribution in [0.4, 0.5) is 0 Å². The third kappa shape index (κ3) is 18.8. The second-order valence-corrected chi connectivity index (χ2v) is 6.15. The van der Waals surface area contributed by atoms with Gasteiger partial charge in [0.05, 0.1) is 28.2 Å². The lowest BCUT2D eigenvalue weighted by Crippen LogP contribution is -2.27. The third-order valence-electron chi connectivity index (χ3n) is 1.41. The summed E-state index contributed by atoms with van der Waals surface area (Å²) >= 11 is 0. The fraction of sp³-hybridized carbons (Fsp3) is 1.00. The average Bonchev–Trinajstić information content (AvgIpc) is 1.85. The van der Waals surface area contributed by atoms with Crippen molar-refractivity contribution in [1.29, 1.82) is 0 Å². The van der Waals surface area contributed by atoms with Crippen molar-refractivity contribution in [3.8, 4) is 0 Å². The van der Waals surface area contributed by atoms with Gasteiger partial charge in [0, 0.05) is 22.6 Å². The van der Waals surface area contributed by atoms with E-state index < -0.39 is 0 Å². The van der Waals surface area contributed by atoms with E-state index in [2.05, 4.69) is 28.2 Å². The number of quaternary nitrogens is 1. The number of rotatable bonds is 0. The average molecular weight is 207 g/mol. The molecule has 1 saturated heterocycles. The van der Waals surface area contributed by atoms with Gasteiger partial charge in [-0.1, -0.05) is 0 Å². The maximum Gasteiger partial charge on any atom is 0.0675 e. The molecule has 0 aromatic heterocycles. The van der Waals surface area contributed by atoms with Gasteiger partial charge >= 0.3 is 0 Å². The predicted octanol–water partition coefficient (Wildman–Crippen LogP) is 0.0240. The Bertz CT molecular complexity index is 103. The Hall–Kier alpha value is 0.0969. The smallest absolute Gasteiger partial charge is 0.0675 e. The van der Waals surface area contributed by atoms with Crippen LogP contribution in [0.25, 0.3) is 0 Å². The van der Waals surface area contributed by atoms with Gasteiger partial charge in [-0.05, 0) is 19.3 Å². The zero-order valence-electron chi connectivity index (χ0n) is 9.71. The van der Waals surface area contributed by atoms with E-state index in [9.17, 15) is 0 Å². The normalized spacial score (nSPS) is 22.6. The highest BCUT2D eigenvalue weighted by molar-refractivity contribution is 6.10. The van der Waals surface area contributed by atoms with E-state index in [0.29, 0.717) is 5.73 Å². The Morgan fingerprint density at radius 1 is 1.15 bits per heavy atom. The number of ether oxygens (including phenoxy) is 1. The van der Waals surface area contributed by atoms with Gasteiger partial charge in [-0.2, -0.15) is 0 Å². The largest absolute Gasteiger partial charge is 0.870 e. The summed E-state index contributed by atoms with van der Waals surface area (Å²) in [5.41, 5.74) is 0.675. The molecular weight excluding hydrogens is 182 g/mol. The molecule has 3 nitrogen and oxygen atoms in total. The van der Waals surface area contributed by atoms with Crippen LogP contribution in [0.2, 0.25) is 0 Å². The third-order valence-corrected chi connectivity index (χ3v) is 2.32. The van der Waals surface area contributed by atoms with Crippen LogP contribution in [0.3, 0.4) is 0 Å². The lowest BCUT2D eigenvalue weighted by Gasteiger charge is -2.17. The first-order chi connectivity index (χ1) is 5.39. The molecular formula is C9H25NO2Si. The molecule has 0 aromatic rings. The van der Waals surface area contributed by atoms with E-state index in [-0.39, 0.29) is 5.48 Å². The van der Waals surface area contributed by atoms with Crippen LogP contribution >= 0.6 is 0 Å². The Labute approximate surface area is 85.4 Å². The van der Waals surface area contributed by atoms with Crippen LogP contribution in [0.1, 0.15) is 19.3 Å². The standard InChI is InChI=1S/C5H12OSi.C4H12N.H2O/c7-5-3-1-2-4-6-5;1-5(2,3)4;/h5H,1-4H2,7H3;1-4H3;1H2/q;+1;/p-1. The molecule has 1 unspecified atom stereocenters. The summed E-state index contributed by atoms with van der Waals surface area (Å²) in [4.78, 5) is 0. The molecule has 0 bridgehead atoms. The Kier molecular flexibility index (Phi) is 8.97. The van der Waals surface area contributed by atoms with E-state index in [1.54, 1.807) is 0 Å². The highest BCUT2D eigenvalue weighted by Crippen LogP contribution is 2.08. The predicted molar refractivity (Wildman–Crippen MR) is 59.4 cm³/mol. The maximum atomic E-state index is 5.34. The van der Waals surface area contributed by atoms with Crippen molar-refractivity contribution in [1.82, 2.24) is 0 Å². The lowest BCUT2D eigenvalue weighted by molar-refractivity contribution is -0.849. The highest BCUT2D eigenvalue weighted by atomic mass is 28.1. The summed E-state index contributed by atoms with van der Waals surface area (Å²) in [6, 6.07) is 0. The first kappa shape index (κ1) is 15.6. The Balaban J connectivity index is 0. The summed E-state index contributed by atoms with van der Waals surface area (Å²) in [6.45, 7) is 1.02. The van der Waals surface area contributed by atoms with Gasteiger partial charge in [0.15, 0.2) is 0 Å². The minimum absolute atomic E-state index is 0. The van der Waals surface area contributed by atoms with Crippen molar-refractivity contribution < 1.29 is 14.7 Å². The van der Waals surface area contributed by atoms with Gasteiger partial charge in [-0.15, -0.1) is 0 Å². The van der Waals surface area contributed by atoms with Crippen molar-refractivity contribution in [3.05, 3.63) is 0 Å². The van der Waals surface area contributed by atoms with Gasteiger partial charge in [0.1, 0.15) is 0 Å². The molecule has 13 heavy (non-hydrogen) atoms. The minimum Gasteiger partial charge on any atom is -0.870 e. The molecule has 1 N–H and O–H groups in total. The van der Waals surface area contributed by atoms with Gasteiger partial charge < -0.3 is 14.7 Å². The molecule has 1 heterocycles. The summed E-state index contributed by atoms with van der Waals surface area (Å²) in [7, 11) is 9.73. The zero-order chi connectivity index (χ0) is 9.61. The van der Waals surface area contributed by atoms with E-state index in [1.165, 1.54) is 29.5 Å². The molecule has 82 valence electrons. The first-order valence-electron chi connectivity index (χ1n) is 4.80. The molecule has 4 heteroatoms. The molecule has 0 radical (unpaired) electrons. The van der Waals surface area contributed by atoms with Crippen LogP contribution in [-0.2, 0) is 4.74 Å². The maximum absolute atomic E-state index is 5.34. The van der Waals surface area contributed by atoms with Crippen LogP contribution in [0.5, 0.6) is 0 Å². The number of hydrogen-bond donors (Lipinski definition) is 0. The summed E-state index contributed by atoms with van der Waals surface area (Å²) in [5, 5.41) is 0. The van der Waals surface area contributed by atoms with Crippen molar-refractivity contribution in [3.63, 3.8) is 0 Å². The topological polar surface area (TPSA) is 39.2 Å². The minimum atomic E-state index is 0. The Morgan fingerprint density at radius 3 is 1.77 bits per heavy atom. The van der Waals surface area contributed by atoms with Crippen LogP contribution in [0.15, 0.2) is 0 Å². The van der Waals surface area contributed by atoms with E-state index >= 15 is 0 Å². The second-order valence-electron chi connectivity index (χ2n) is 4.86. The number of hydrogen-bond acceptors (Lipinski definition) is 2. The Morgan fingerprint density at radius 2 is 1.62 bits per heavy atom. The van der Waals surface area contributed by atoms with Crippen LogP contribution < -0.4 is 0 Å². The molecule has 1 atom stereocenters. The monoisotopic (exact) mass is 207 g/mol. The molecule has 0 spiro atoms. The second kappa shape index (κ2) is 7.50. The van der Waals surface area contributed by atoms with Crippen LogP contribution in [-0.4, -0.2) is 60.7 Å². The highest BCUT2D eigenvalue weighted by Gasteiger charge is 2.05. The summed E-state index contributed by atoms with van der Waals surface area (Å²) in [6.07, 6.45) is 4.01.